The number of rotatable bonds is 11. The molecule has 3 N–H and O–H groups in total. The summed E-state index contributed by atoms with van der Waals surface area (Å²) in [6.07, 6.45) is 7.79. The first-order valence-corrected chi connectivity index (χ1v) is 12.8. The predicted octanol–water partition coefficient (Wildman–Crippen LogP) is 4.77. The van der Waals surface area contributed by atoms with Gasteiger partial charge in [0.15, 0.2) is 11.5 Å². The van der Waals surface area contributed by atoms with Crippen LogP contribution in [0.5, 0.6) is 0 Å². The summed E-state index contributed by atoms with van der Waals surface area (Å²) in [6, 6.07) is 3.90. The molecule has 1 aromatic heterocycles. The number of anilines is 1. The second-order valence-corrected chi connectivity index (χ2v) is 9.86. The number of aromatic nitrogens is 2. The number of carbonyl (C=O) groups is 2. The molecule has 3 rings (SSSR count). The second kappa shape index (κ2) is 12.6. The summed E-state index contributed by atoms with van der Waals surface area (Å²) in [6.45, 7) is 9.45. The van der Waals surface area contributed by atoms with E-state index >= 15 is 0 Å². The number of benzene rings is 1. The molecule has 0 atom stereocenters. The maximum atomic E-state index is 14.9. The third-order valence-electron chi connectivity index (χ3n) is 5.75. The highest BCUT2D eigenvalue weighted by molar-refractivity contribution is 6.36. The van der Waals surface area contributed by atoms with Crippen molar-refractivity contribution in [1.29, 1.82) is 0 Å². The molecule has 1 aliphatic carbocycles. The van der Waals surface area contributed by atoms with E-state index in [1.807, 2.05) is 26.8 Å². The number of hydrogen-bond acceptors (Lipinski definition) is 7. The highest BCUT2D eigenvalue weighted by Gasteiger charge is 2.28. The standard InChI is InChI=1S/C28H35FN6O3/c1-6-17(3)13-19(14-30-7-2)33-25-24(34-22(15-31-25)18-11-12-18)27(37)35-23-20(9-8-10-21(23)29)26(36)32-16-28(4,5)38/h8-10,13-15,18,38H,6-7,11-12,16H2,1-5H3,(H,32,36)(H,35,37). The number of hydrogen-bond donors (Lipinski definition) is 3. The predicted molar refractivity (Wildman–Crippen MR) is 147 cm³/mol. The number of nitrogens with zero attached hydrogens (tertiary/aromatic N) is 4. The van der Waals surface area contributed by atoms with Crippen LogP contribution in [0.15, 0.2) is 46.0 Å². The molecular formula is C28H35FN6O3. The highest BCUT2D eigenvalue weighted by atomic mass is 19.1. The van der Waals surface area contributed by atoms with Gasteiger partial charge >= 0.3 is 0 Å². The van der Waals surface area contributed by atoms with E-state index in [1.165, 1.54) is 26.0 Å². The summed E-state index contributed by atoms with van der Waals surface area (Å²) in [5.74, 6) is -1.90. The van der Waals surface area contributed by atoms with Crippen molar-refractivity contribution in [1.82, 2.24) is 15.3 Å². The van der Waals surface area contributed by atoms with Crippen LogP contribution < -0.4 is 10.6 Å². The van der Waals surface area contributed by atoms with E-state index in [0.29, 0.717) is 18.0 Å². The highest BCUT2D eigenvalue weighted by Crippen LogP contribution is 2.39. The van der Waals surface area contributed by atoms with Crippen LogP contribution in [0.25, 0.3) is 0 Å². The molecule has 2 aromatic rings. The van der Waals surface area contributed by atoms with Crippen LogP contribution in [0.2, 0.25) is 0 Å². The quantitative estimate of drug-likeness (QED) is 0.366. The van der Waals surface area contributed by atoms with E-state index < -0.39 is 23.2 Å². The van der Waals surface area contributed by atoms with Gasteiger partial charge in [0.05, 0.1) is 34.5 Å². The van der Waals surface area contributed by atoms with Crippen molar-refractivity contribution in [2.45, 2.75) is 65.4 Å². The average molecular weight is 523 g/mol. The number of carbonyl (C=O) groups excluding carboxylic acids is 2. The van der Waals surface area contributed by atoms with Gasteiger partial charge in [0.1, 0.15) is 5.82 Å². The number of allylic oxidation sites excluding steroid dienone is 2. The molecular weight excluding hydrogens is 487 g/mol. The molecule has 0 spiro atoms. The Labute approximate surface area is 222 Å². The molecule has 1 aliphatic rings. The third-order valence-corrected chi connectivity index (χ3v) is 5.75. The van der Waals surface area contributed by atoms with Crippen LogP contribution in [0.3, 0.4) is 0 Å². The maximum Gasteiger partial charge on any atom is 0.278 e. The van der Waals surface area contributed by atoms with Gasteiger partial charge in [-0.25, -0.2) is 19.4 Å². The van der Waals surface area contributed by atoms with Crippen LogP contribution in [0.4, 0.5) is 15.9 Å². The first kappa shape index (κ1) is 28.8. The molecule has 38 heavy (non-hydrogen) atoms. The second-order valence-electron chi connectivity index (χ2n) is 9.86. The summed E-state index contributed by atoms with van der Waals surface area (Å²) >= 11 is 0. The zero-order valence-corrected chi connectivity index (χ0v) is 22.5. The number of para-hydroxylation sites is 1. The Morgan fingerprint density at radius 1 is 1.24 bits per heavy atom. The smallest absolute Gasteiger partial charge is 0.278 e. The Kier molecular flexibility index (Phi) is 9.57. The van der Waals surface area contributed by atoms with E-state index in [1.54, 1.807) is 12.4 Å². The summed E-state index contributed by atoms with van der Waals surface area (Å²) in [5.41, 5.74) is 0.603. The lowest BCUT2D eigenvalue weighted by atomic mass is 10.1. The maximum absolute atomic E-state index is 14.9. The summed E-state index contributed by atoms with van der Waals surface area (Å²) in [5, 5.41) is 15.0. The molecule has 1 saturated carbocycles. The minimum absolute atomic E-state index is 0.0592. The first-order chi connectivity index (χ1) is 18.0. The lowest BCUT2D eigenvalue weighted by Gasteiger charge is -2.18. The first-order valence-electron chi connectivity index (χ1n) is 12.8. The Morgan fingerprint density at radius 2 is 1.97 bits per heavy atom. The molecule has 0 radical (unpaired) electrons. The molecule has 0 aliphatic heterocycles. The normalized spacial score (nSPS) is 14.6. The topological polar surface area (TPSA) is 129 Å². The van der Waals surface area contributed by atoms with Crippen LogP contribution in [0, 0.1) is 5.82 Å². The van der Waals surface area contributed by atoms with Crippen LogP contribution in [-0.4, -0.2) is 57.5 Å². The average Bonchev–Trinajstić information content (AvgIpc) is 3.72. The van der Waals surface area contributed by atoms with Crippen molar-refractivity contribution in [2.75, 3.05) is 18.4 Å². The fraction of sp³-hybridized carbons (Fsp3) is 0.429. The molecule has 0 saturated heterocycles. The van der Waals surface area contributed by atoms with Gasteiger partial charge in [-0.15, -0.1) is 0 Å². The van der Waals surface area contributed by atoms with Crippen molar-refractivity contribution in [2.24, 2.45) is 9.98 Å². The minimum atomic E-state index is -1.17. The zero-order chi connectivity index (χ0) is 27.9. The summed E-state index contributed by atoms with van der Waals surface area (Å²) in [7, 11) is 0. The van der Waals surface area contributed by atoms with Gasteiger partial charge in [-0.2, -0.15) is 0 Å². The number of aliphatic hydroxyl groups is 1. The molecule has 1 aromatic carbocycles. The number of amides is 2. The molecule has 202 valence electrons. The van der Waals surface area contributed by atoms with Crippen LogP contribution in [-0.2, 0) is 0 Å². The van der Waals surface area contributed by atoms with Gasteiger partial charge in [0.2, 0.25) is 0 Å². The van der Waals surface area contributed by atoms with Crippen molar-refractivity contribution in [3.05, 3.63) is 58.8 Å². The molecule has 2 amide bonds. The Morgan fingerprint density at radius 3 is 2.61 bits per heavy atom. The SMILES string of the molecule is CCN=CC(C=C(C)CC)=Nc1ncc(C2CC2)nc1C(=O)Nc1c(F)cccc1C(=O)NCC(C)(C)O. The molecule has 1 fully saturated rings. The van der Waals surface area contributed by atoms with E-state index in [-0.39, 0.29) is 35.2 Å². The minimum Gasteiger partial charge on any atom is -0.389 e. The van der Waals surface area contributed by atoms with E-state index in [4.69, 9.17) is 0 Å². The summed E-state index contributed by atoms with van der Waals surface area (Å²) < 4.78 is 14.9. The van der Waals surface area contributed by atoms with Crippen LogP contribution >= 0.6 is 0 Å². The summed E-state index contributed by atoms with van der Waals surface area (Å²) in [4.78, 5) is 44.0. The van der Waals surface area contributed by atoms with Gasteiger partial charge in [-0.3, -0.25) is 14.6 Å². The van der Waals surface area contributed by atoms with Gasteiger partial charge < -0.3 is 15.7 Å². The largest absolute Gasteiger partial charge is 0.389 e. The molecule has 1 heterocycles. The van der Waals surface area contributed by atoms with Gasteiger partial charge in [0, 0.05) is 25.2 Å². The lowest BCUT2D eigenvalue weighted by molar-refractivity contribution is 0.0694. The Balaban J connectivity index is 2.02. The van der Waals surface area contributed by atoms with Crippen molar-refractivity contribution < 1.29 is 19.1 Å². The van der Waals surface area contributed by atoms with Crippen molar-refractivity contribution in [3.8, 4) is 0 Å². The lowest BCUT2D eigenvalue weighted by Crippen LogP contribution is -2.38. The molecule has 10 heteroatoms. The van der Waals surface area contributed by atoms with Crippen LogP contribution in [0.1, 0.15) is 86.3 Å². The Bertz CT molecular complexity index is 1280. The third kappa shape index (κ3) is 8.11. The molecule has 0 bridgehead atoms. The number of aliphatic imine (C=N–C) groups is 2. The van der Waals surface area contributed by atoms with Gasteiger partial charge in [-0.1, -0.05) is 18.6 Å². The van der Waals surface area contributed by atoms with Crippen molar-refractivity contribution >= 4 is 35.2 Å². The number of halogens is 1. The number of nitrogens with one attached hydrogen (secondary N) is 2. The monoisotopic (exact) mass is 522 g/mol. The molecule has 0 unspecified atom stereocenters. The van der Waals surface area contributed by atoms with E-state index in [2.05, 4.69) is 30.6 Å². The Hall–Kier alpha value is -3.79. The fourth-order valence-electron chi connectivity index (χ4n) is 3.37. The zero-order valence-electron chi connectivity index (χ0n) is 22.5. The molecule has 9 nitrogen and oxygen atoms in total. The fourth-order valence-corrected chi connectivity index (χ4v) is 3.37. The van der Waals surface area contributed by atoms with E-state index in [9.17, 15) is 19.1 Å². The van der Waals surface area contributed by atoms with Gasteiger partial charge in [0.25, 0.3) is 11.8 Å². The van der Waals surface area contributed by atoms with E-state index in [0.717, 1.165) is 30.9 Å². The van der Waals surface area contributed by atoms with Gasteiger partial charge in [-0.05, 0) is 65.2 Å². The van der Waals surface area contributed by atoms with Crippen molar-refractivity contribution in [3.63, 3.8) is 0 Å².